The molecule has 3 nitrogen and oxygen atoms in total. The van der Waals surface area contributed by atoms with Crippen LogP contribution in [0.1, 0.15) is 40.8 Å². The molecule has 1 N–H and O–H groups in total. The molecule has 0 saturated heterocycles. The SMILES string of the molecule is Cc1cccc(SCCC(=O)Nc2sc3c(c2C#N)CCCC3)c1. The van der Waals surface area contributed by atoms with Crippen LogP contribution < -0.4 is 5.32 Å². The van der Waals surface area contributed by atoms with Crippen molar-refractivity contribution in [2.45, 2.75) is 43.9 Å². The molecule has 0 aliphatic heterocycles. The van der Waals surface area contributed by atoms with Crippen molar-refractivity contribution in [2.75, 3.05) is 11.1 Å². The van der Waals surface area contributed by atoms with Gasteiger partial charge in [0.2, 0.25) is 5.91 Å². The highest BCUT2D eigenvalue weighted by Crippen LogP contribution is 2.37. The summed E-state index contributed by atoms with van der Waals surface area (Å²) in [6, 6.07) is 10.6. The topological polar surface area (TPSA) is 52.9 Å². The predicted molar refractivity (Wildman–Crippen MR) is 101 cm³/mol. The Morgan fingerprint density at radius 3 is 3.00 bits per heavy atom. The summed E-state index contributed by atoms with van der Waals surface area (Å²) in [6.07, 6.45) is 4.77. The van der Waals surface area contributed by atoms with Gasteiger partial charge in [-0.1, -0.05) is 17.7 Å². The van der Waals surface area contributed by atoms with Crippen LogP contribution in [-0.4, -0.2) is 11.7 Å². The third-order valence-electron chi connectivity index (χ3n) is 4.12. The number of nitrogens with zero attached hydrogens (tertiary/aromatic N) is 1. The largest absolute Gasteiger partial charge is 0.317 e. The van der Waals surface area contributed by atoms with E-state index in [1.165, 1.54) is 21.8 Å². The van der Waals surface area contributed by atoms with Gasteiger partial charge < -0.3 is 5.32 Å². The second-order valence-corrected chi connectivity index (χ2v) is 8.26. The van der Waals surface area contributed by atoms with E-state index < -0.39 is 0 Å². The standard InChI is InChI=1S/C19H20N2OS2/c1-13-5-4-6-14(11-13)23-10-9-18(22)21-19-16(12-20)15-7-2-3-8-17(15)24-19/h4-6,11H,2-3,7-10H2,1H3,(H,21,22). The smallest absolute Gasteiger partial charge is 0.225 e. The Kier molecular flexibility index (Phi) is 5.60. The summed E-state index contributed by atoms with van der Waals surface area (Å²) in [4.78, 5) is 14.7. The van der Waals surface area contributed by atoms with Gasteiger partial charge in [0, 0.05) is 21.9 Å². The van der Waals surface area contributed by atoms with Crippen LogP contribution in [0.25, 0.3) is 0 Å². The Morgan fingerprint density at radius 1 is 1.38 bits per heavy atom. The minimum Gasteiger partial charge on any atom is -0.317 e. The van der Waals surface area contributed by atoms with E-state index in [0.717, 1.165) is 35.6 Å². The number of nitriles is 1. The van der Waals surface area contributed by atoms with Crippen LogP contribution in [-0.2, 0) is 17.6 Å². The quantitative estimate of drug-likeness (QED) is 0.773. The Labute approximate surface area is 151 Å². The highest BCUT2D eigenvalue weighted by atomic mass is 32.2. The number of carbonyl (C=O) groups is 1. The van der Waals surface area contributed by atoms with Crippen LogP contribution in [0.5, 0.6) is 0 Å². The summed E-state index contributed by atoms with van der Waals surface area (Å²) >= 11 is 3.27. The van der Waals surface area contributed by atoms with Crippen molar-refractivity contribution in [3.8, 4) is 6.07 Å². The Balaban J connectivity index is 1.57. The Bertz CT molecular complexity index is 789. The first-order valence-corrected chi connectivity index (χ1v) is 10.0. The average Bonchev–Trinajstić information content (AvgIpc) is 2.91. The highest BCUT2D eigenvalue weighted by molar-refractivity contribution is 7.99. The van der Waals surface area contributed by atoms with E-state index in [4.69, 9.17) is 0 Å². The molecule has 0 bridgehead atoms. The lowest BCUT2D eigenvalue weighted by Crippen LogP contribution is -2.12. The number of thioether (sulfide) groups is 1. The lowest BCUT2D eigenvalue weighted by atomic mass is 9.96. The van der Waals surface area contributed by atoms with Crippen LogP contribution in [0.2, 0.25) is 0 Å². The minimum atomic E-state index is -0.00903. The highest BCUT2D eigenvalue weighted by Gasteiger charge is 2.21. The number of anilines is 1. The van der Waals surface area contributed by atoms with Crippen molar-refractivity contribution in [3.63, 3.8) is 0 Å². The number of rotatable bonds is 5. The van der Waals surface area contributed by atoms with Crippen molar-refractivity contribution in [1.29, 1.82) is 5.26 Å². The normalized spacial score (nSPS) is 13.2. The molecule has 1 aliphatic carbocycles. The first kappa shape index (κ1) is 17.1. The van der Waals surface area contributed by atoms with E-state index in [2.05, 4.69) is 36.5 Å². The molecule has 0 fully saturated rings. The molecule has 1 heterocycles. The number of carbonyl (C=O) groups excluding carboxylic acids is 1. The third kappa shape index (κ3) is 4.00. The molecule has 0 radical (unpaired) electrons. The molecule has 1 aromatic heterocycles. The summed E-state index contributed by atoms with van der Waals surface area (Å²) < 4.78 is 0. The van der Waals surface area contributed by atoms with E-state index >= 15 is 0 Å². The third-order valence-corrected chi connectivity index (χ3v) is 6.33. The first-order chi connectivity index (χ1) is 11.7. The zero-order valence-electron chi connectivity index (χ0n) is 13.7. The molecule has 2 aromatic rings. The van der Waals surface area contributed by atoms with Gasteiger partial charge in [-0.3, -0.25) is 4.79 Å². The first-order valence-electron chi connectivity index (χ1n) is 8.21. The summed E-state index contributed by atoms with van der Waals surface area (Å²) in [5, 5.41) is 13.1. The van der Waals surface area contributed by atoms with Gasteiger partial charge in [-0.2, -0.15) is 5.26 Å². The molecule has 1 aliphatic rings. The van der Waals surface area contributed by atoms with Crippen molar-refractivity contribution >= 4 is 34.0 Å². The maximum absolute atomic E-state index is 12.2. The number of hydrogen-bond acceptors (Lipinski definition) is 4. The summed E-state index contributed by atoms with van der Waals surface area (Å²) in [5.41, 5.74) is 3.08. The molecule has 1 amide bonds. The molecule has 124 valence electrons. The summed E-state index contributed by atoms with van der Waals surface area (Å²) in [6.45, 7) is 2.07. The van der Waals surface area contributed by atoms with Crippen LogP contribution in [0.4, 0.5) is 5.00 Å². The van der Waals surface area contributed by atoms with Gasteiger partial charge >= 0.3 is 0 Å². The predicted octanol–water partition coefficient (Wildman–Crippen LogP) is 4.93. The lowest BCUT2D eigenvalue weighted by Gasteiger charge is -2.09. The van der Waals surface area contributed by atoms with E-state index in [0.29, 0.717) is 12.0 Å². The molecular formula is C19H20N2OS2. The van der Waals surface area contributed by atoms with Gasteiger partial charge in [0.1, 0.15) is 11.1 Å². The van der Waals surface area contributed by atoms with Crippen LogP contribution in [0.15, 0.2) is 29.2 Å². The fourth-order valence-electron chi connectivity index (χ4n) is 2.93. The van der Waals surface area contributed by atoms with Crippen molar-refractivity contribution < 1.29 is 4.79 Å². The van der Waals surface area contributed by atoms with Gasteiger partial charge in [-0.05, 0) is 50.3 Å². The fraction of sp³-hybridized carbons (Fsp3) is 0.368. The molecule has 0 saturated carbocycles. The van der Waals surface area contributed by atoms with Crippen LogP contribution >= 0.6 is 23.1 Å². The van der Waals surface area contributed by atoms with Gasteiger partial charge in [0.15, 0.2) is 0 Å². The zero-order valence-corrected chi connectivity index (χ0v) is 15.4. The number of hydrogen-bond donors (Lipinski definition) is 1. The van der Waals surface area contributed by atoms with Gasteiger partial charge in [-0.25, -0.2) is 0 Å². The van der Waals surface area contributed by atoms with Crippen molar-refractivity contribution in [1.82, 2.24) is 0 Å². The molecule has 5 heteroatoms. The molecule has 0 unspecified atom stereocenters. The van der Waals surface area contributed by atoms with E-state index in [9.17, 15) is 10.1 Å². The van der Waals surface area contributed by atoms with Crippen molar-refractivity contribution in [3.05, 3.63) is 45.8 Å². The maximum Gasteiger partial charge on any atom is 0.225 e. The molecule has 24 heavy (non-hydrogen) atoms. The number of fused-ring (bicyclic) bond motifs is 1. The maximum atomic E-state index is 12.2. The van der Waals surface area contributed by atoms with E-state index in [-0.39, 0.29) is 5.91 Å². The van der Waals surface area contributed by atoms with E-state index in [1.807, 2.05) is 6.07 Å². The number of nitrogens with one attached hydrogen (secondary N) is 1. The average molecular weight is 357 g/mol. The number of benzene rings is 1. The van der Waals surface area contributed by atoms with Crippen LogP contribution in [0.3, 0.4) is 0 Å². The Hall–Kier alpha value is -1.77. The summed E-state index contributed by atoms with van der Waals surface area (Å²) in [5.74, 6) is 0.729. The molecule has 3 rings (SSSR count). The van der Waals surface area contributed by atoms with Crippen LogP contribution in [0, 0.1) is 18.3 Å². The fourth-order valence-corrected chi connectivity index (χ4v) is 5.15. The summed E-state index contributed by atoms with van der Waals surface area (Å²) in [7, 11) is 0. The van der Waals surface area contributed by atoms with Crippen molar-refractivity contribution in [2.24, 2.45) is 0 Å². The van der Waals surface area contributed by atoms with Gasteiger partial charge in [0.25, 0.3) is 0 Å². The molecule has 0 spiro atoms. The second kappa shape index (κ2) is 7.87. The minimum absolute atomic E-state index is 0.00903. The Morgan fingerprint density at radius 2 is 2.21 bits per heavy atom. The lowest BCUT2D eigenvalue weighted by molar-refractivity contribution is -0.115. The van der Waals surface area contributed by atoms with Gasteiger partial charge in [-0.15, -0.1) is 23.1 Å². The number of aryl methyl sites for hydroxylation is 2. The van der Waals surface area contributed by atoms with E-state index in [1.54, 1.807) is 23.1 Å². The monoisotopic (exact) mass is 356 g/mol. The second-order valence-electron chi connectivity index (χ2n) is 5.99. The molecule has 0 atom stereocenters. The zero-order chi connectivity index (χ0) is 16.9. The molecule has 1 aromatic carbocycles. The number of amides is 1. The van der Waals surface area contributed by atoms with Gasteiger partial charge in [0.05, 0.1) is 5.56 Å². The molecular weight excluding hydrogens is 336 g/mol. The number of thiophene rings is 1.